The van der Waals surface area contributed by atoms with E-state index in [0.717, 1.165) is 5.52 Å². The number of hydrogen-bond donors (Lipinski definition) is 3. The Bertz CT molecular complexity index is 559. The normalized spacial score (nSPS) is 13.7. The highest BCUT2D eigenvalue weighted by atomic mass is 19.1. The number of anilines is 1. The number of fused-ring (bicyclic) bond motifs is 1. The third kappa shape index (κ3) is 3.23. The maximum Gasteiger partial charge on any atom is 0.201 e. The van der Waals surface area contributed by atoms with Crippen molar-refractivity contribution >= 4 is 17.0 Å². The molecule has 1 atom stereocenters. The Morgan fingerprint density at radius 3 is 2.79 bits per heavy atom. The quantitative estimate of drug-likeness (QED) is 0.796. The number of benzene rings is 1. The molecule has 3 N–H and O–H groups in total. The number of rotatable bonds is 4. The van der Waals surface area contributed by atoms with Gasteiger partial charge in [-0.1, -0.05) is 20.8 Å². The van der Waals surface area contributed by atoms with E-state index >= 15 is 0 Å². The van der Waals surface area contributed by atoms with E-state index in [1.807, 2.05) is 0 Å². The molecule has 0 aliphatic heterocycles. The van der Waals surface area contributed by atoms with Crippen LogP contribution in [0.2, 0.25) is 0 Å². The first kappa shape index (κ1) is 13.8. The minimum Gasteiger partial charge on any atom is -0.396 e. The van der Waals surface area contributed by atoms with Crippen molar-refractivity contribution in [1.82, 2.24) is 9.97 Å². The summed E-state index contributed by atoms with van der Waals surface area (Å²) in [5.74, 6) is 0.319. The number of imidazole rings is 1. The highest BCUT2D eigenvalue weighted by Crippen LogP contribution is 2.25. The molecule has 104 valence electrons. The first-order chi connectivity index (χ1) is 8.90. The summed E-state index contributed by atoms with van der Waals surface area (Å²) in [7, 11) is 0. The minimum atomic E-state index is -0.287. The van der Waals surface area contributed by atoms with Gasteiger partial charge < -0.3 is 15.4 Å². The number of nitrogens with one attached hydrogen (secondary N) is 2. The van der Waals surface area contributed by atoms with Gasteiger partial charge in [-0.2, -0.15) is 0 Å². The van der Waals surface area contributed by atoms with Crippen molar-refractivity contribution in [2.24, 2.45) is 5.41 Å². The number of aromatic nitrogens is 2. The first-order valence-electron chi connectivity index (χ1n) is 6.43. The summed E-state index contributed by atoms with van der Waals surface area (Å²) in [5.41, 5.74) is 1.38. The number of aliphatic hydroxyl groups is 1. The molecule has 2 aromatic rings. The molecule has 0 spiro atoms. The molecule has 1 aromatic carbocycles. The zero-order valence-corrected chi connectivity index (χ0v) is 11.5. The van der Waals surface area contributed by atoms with E-state index in [2.05, 4.69) is 36.1 Å². The second-order valence-electron chi connectivity index (χ2n) is 5.82. The lowest BCUT2D eigenvalue weighted by Crippen LogP contribution is -2.35. The van der Waals surface area contributed by atoms with Gasteiger partial charge in [-0.05, 0) is 30.0 Å². The minimum absolute atomic E-state index is 0.00699. The van der Waals surface area contributed by atoms with Gasteiger partial charge in [0.25, 0.3) is 0 Å². The molecule has 0 saturated heterocycles. The SMILES string of the molecule is CC(C)(C)C(CCO)Nc1nc2ccc(F)cc2[nH]1. The average molecular weight is 265 g/mol. The Morgan fingerprint density at radius 2 is 2.16 bits per heavy atom. The van der Waals surface area contributed by atoms with Gasteiger partial charge in [-0.3, -0.25) is 0 Å². The number of H-pyrrole nitrogens is 1. The standard InChI is InChI=1S/C14H20FN3O/c1-14(2,3)12(6-7-19)18-13-16-10-5-4-9(15)8-11(10)17-13/h4-5,8,12,19H,6-7H2,1-3H3,(H2,16,17,18). The van der Waals surface area contributed by atoms with Gasteiger partial charge in [0.1, 0.15) is 5.82 Å². The van der Waals surface area contributed by atoms with Crippen molar-refractivity contribution in [3.8, 4) is 0 Å². The van der Waals surface area contributed by atoms with Gasteiger partial charge >= 0.3 is 0 Å². The molecule has 0 aliphatic carbocycles. The molecule has 0 fully saturated rings. The Labute approximate surface area is 112 Å². The third-order valence-electron chi connectivity index (χ3n) is 3.22. The third-order valence-corrected chi connectivity index (χ3v) is 3.22. The van der Waals surface area contributed by atoms with Crippen LogP contribution in [-0.4, -0.2) is 27.7 Å². The largest absolute Gasteiger partial charge is 0.396 e. The summed E-state index contributed by atoms with van der Waals surface area (Å²) in [4.78, 5) is 7.43. The van der Waals surface area contributed by atoms with E-state index in [1.165, 1.54) is 12.1 Å². The highest BCUT2D eigenvalue weighted by molar-refractivity contribution is 5.77. The molecular weight excluding hydrogens is 245 g/mol. The van der Waals surface area contributed by atoms with Gasteiger partial charge in [-0.15, -0.1) is 0 Å². The van der Waals surface area contributed by atoms with Crippen molar-refractivity contribution in [3.05, 3.63) is 24.0 Å². The predicted octanol–water partition coefficient (Wildman–Crippen LogP) is 2.91. The summed E-state index contributed by atoms with van der Waals surface area (Å²) < 4.78 is 13.1. The van der Waals surface area contributed by atoms with E-state index in [-0.39, 0.29) is 23.9 Å². The van der Waals surface area contributed by atoms with Crippen LogP contribution in [0, 0.1) is 11.2 Å². The van der Waals surface area contributed by atoms with E-state index in [9.17, 15) is 4.39 Å². The molecule has 5 heteroatoms. The van der Waals surface area contributed by atoms with Crippen LogP contribution in [0.25, 0.3) is 11.0 Å². The fraction of sp³-hybridized carbons (Fsp3) is 0.500. The van der Waals surface area contributed by atoms with Crippen LogP contribution in [0.4, 0.5) is 10.3 Å². The molecule has 0 aliphatic rings. The number of aliphatic hydroxyl groups excluding tert-OH is 1. The molecule has 0 saturated carbocycles. The lowest BCUT2D eigenvalue weighted by molar-refractivity contribution is 0.235. The first-order valence-corrected chi connectivity index (χ1v) is 6.43. The number of nitrogens with zero attached hydrogens (tertiary/aromatic N) is 1. The second kappa shape index (κ2) is 5.17. The van der Waals surface area contributed by atoms with Crippen LogP contribution < -0.4 is 5.32 Å². The van der Waals surface area contributed by atoms with Crippen molar-refractivity contribution in [1.29, 1.82) is 0 Å². The highest BCUT2D eigenvalue weighted by Gasteiger charge is 2.24. The number of aromatic amines is 1. The summed E-state index contributed by atoms with van der Waals surface area (Å²) >= 11 is 0. The molecule has 1 heterocycles. The van der Waals surface area contributed by atoms with Crippen molar-refractivity contribution in [2.75, 3.05) is 11.9 Å². The summed E-state index contributed by atoms with van der Waals surface area (Å²) in [6, 6.07) is 4.54. The van der Waals surface area contributed by atoms with Crippen molar-refractivity contribution in [3.63, 3.8) is 0 Å². The molecule has 4 nitrogen and oxygen atoms in total. The fourth-order valence-corrected chi connectivity index (χ4v) is 2.07. The Kier molecular flexibility index (Phi) is 3.75. The molecule has 0 amide bonds. The van der Waals surface area contributed by atoms with Gasteiger partial charge in [0, 0.05) is 12.6 Å². The smallest absolute Gasteiger partial charge is 0.201 e. The van der Waals surface area contributed by atoms with Crippen molar-refractivity contribution in [2.45, 2.75) is 33.2 Å². The van der Waals surface area contributed by atoms with Crippen LogP contribution in [0.15, 0.2) is 18.2 Å². The number of halogens is 1. The van der Waals surface area contributed by atoms with Crippen LogP contribution in [0.1, 0.15) is 27.2 Å². The van der Waals surface area contributed by atoms with Crippen molar-refractivity contribution < 1.29 is 9.50 Å². The molecule has 1 unspecified atom stereocenters. The zero-order chi connectivity index (χ0) is 14.0. The summed E-state index contributed by atoms with van der Waals surface area (Å²) in [5, 5.41) is 12.4. The number of hydrogen-bond acceptors (Lipinski definition) is 3. The maximum absolute atomic E-state index is 13.1. The lowest BCUT2D eigenvalue weighted by atomic mass is 9.85. The molecule has 0 radical (unpaired) electrons. The van der Waals surface area contributed by atoms with Gasteiger partial charge in [0.2, 0.25) is 5.95 Å². The van der Waals surface area contributed by atoms with E-state index in [0.29, 0.717) is 17.9 Å². The van der Waals surface area contributed by atoms with E-state index < -0.39 is 0 Å². The molecule has 1 aromatic heterocycles. The topological polar surface area (TPSA) is 60.9 Å². The zero-order valence-electron chi connectivity index (χ0n) is 11.5. The summed E-state index contributed by atoms with van der Waals surface area (Å²) in [6.07, 6.45) is 0.634. The van der Waals surface area contributed by atoms with Gasteiger partial charge in [-0.25, -0.2) is 9.37 Å². The fourth-order valence-electron chi connectivity index (χ4n) is 2.07. The monoisotopic (exact) mass is 265 g/mol. The van der Waals surface area contributed by atoms with E-state index in [1.54, 1.807) is 6.07 Å². The predicted molar refractivity (Wildman–Crippen MR) is 74.6 cm³/mol. The lowest BCUT2D eigenvalue weighted by Gasteiger charge is -2.30. The second-order valence-corrected chi connectivity index (χ2v) is 5.82. The van der Waals surface area contributed by atoms with Crippen LogP contribution in [0.3, 0.4) is 0 Å². The van der Waals surface area contributed by atoms with E-state index in [4.69, 9.17) is 5.11 Å². The van der Waals surface area contributed by atoms with Crippen LogP contribution in [-0.2, 0) is 0 Å². The van der Waals surface area contributed by atoms with Gasteiger partial charge in [0.15, 0.2) is 0 Å². The summed E-state index contributed by atoms with van der Waals surface area (Å²) in [6.45, 7) is 6.41. The van der Waals surface area contributed by atoms with Crippen LogP contribution >= 0.6 is 0 Å². The van der Waals surface area contributed by atoms with Gasteiger partial charge in [0.05, 0.1) is 11.0 Å². The Balaban J connectivity index is 2.24. The Morgan fingerprint density at radius 1 is 1.42 bits per heavy atom. The Hall–Kier alpha value is -1.62. The maximum atomic E-state index is 13.1. The molecule has 19 heavy (non-hydrogen) atoms. The molecule has 0 bridgehead atoms. The average Bonchev–Trinajstić information content (AvgIpc) is 2.68. The van der Waals surface area contributed by atoms with Crippen LogP contribution in [0.5, 0.6) is 0 Å². The molecule has 2 rings (SSSR count). The molecular formula is C14H20FN3O.